The van der Waals surface area contributed by atoms with Crippen LogP contribution in [0.4, 0.5) is 5.95 Å². The SMILES string of the molecule is CN1CC2CN(c3ncc4c(=O)c(C(=O)NC5CCNCC5)c5oc6ccccc6n5c4n3)CC2C1. The molecule has 0 bridgehead atoms. The van der Waals surface area contributed by atoms with E-state index in [0.717, 1.165) is 57.6 Å². The molecule has 186 valence electrons. The zero-order valence-electron chi connectivity index (χ0n) is 20.2. The molecule has 0 saturated carbocycles. The monoisotopic (exact) mass is 487 g/mol. The third-order valence-corrected chi connectivity index (χ3v) is 8.02. The summed E-state index contributed by atoms with van der Waals surface area (Å²) in [5.74, 6) is 1.41. The number of hydrogen-bond acceptors (Lipinski definition) is 8. The summed E-state index contributed by atoms with van der Waals surface area (Å²) in [6.45, 7) is 5.66. The number of nitrogens with one attached hydrogen (secondary N) is 2. The van der Waals surface area contributed by atoms with E-state index in [9.17, 15) is 9.59 Å². The Labute approximate surface area is 207 Å². The zero-order valence-corrected chi connectivity index (χ0v) is 20.2. The van der Waals surface area contributed by atoms with Gasteiger partial charge in [-0.2, -0.15) is 4.98 Å². The molecule has 2 N–H and O–H groups in total. The summed E-state index contributed by atoms with van der Waals surface area (Å²) in [5, 5.41) is 6.67. The highest BCUT2D eigenvalue weighted by molar-refractivity contribution is 6.04. The second-order valence-electron chi connectivity index (χ2n) is 10.5. The van der Waals surface area contributed by atoms with Crippen LogP contribution in [0.25, 0.3) is 27.8 Å². The van der Waals surface area contributed by atoms with Crippen molar-refractivity contribution in [2.45, 2.75) is 18.9 Å². The minimum Gasteiger partial charge on any atom is -0.437 e. The second-order valence-corrected chi connectivity index (χ2v) is 10.5. The van der Waals surface area contributed by atoms with Crippen LogP contribution in [0.15, 0.2) is 39.7 Å². The van der Waals surface area contributed by atoms with E-state index in [-0.39, 0.29) is 17.3 Å². The lowest BCUT2D eigenvalue weighted by molar-refractivity contribution is 0.0929. The molecule has 3 fully saturated rings. The Hall–Kier alpha value is -3.50. The Morgan fingerprint density at radius 1 is 1.11 bits per heavy atom. The highest BCUT2D eigenvalue weighted by atomic mass is 16.3. The van der Waals surface area contributed by atoms with Crippen LogP contribution >= 0.6 is 0 Å². The van der Waals surface area contributed by atoms with Gasteiger partial charge in [0.05, 0.1) is 10.9 Å². The van der Waals surface area contributed by atoms with E-state index in [0.29, 0.717) is 34.4 Å². The minimum absolute atomic E-state index is 0.00678. The molecule has 6 heterocycles. The van der Waals surface area contributed by atoms with E-state index in [1.165, 1.54) is 0 Å². The first-order valence-electron chi connectivity index (χ1n) is 12.7. The quantitative estimate of drug-likeness (QED) is 0.447. The van der Waals surface area contributed by atoms with Crippen molar-refractivity contribution in [1.29, 1.82) is 0 Å². The summed E-state index contributed by atoms with van der Waals surface area (Å²) >= 11 is 0. The van der Waals surface area contributed by atoms with Gasteiger partial charge < -0.3 is 24.9 Å². The maximum absolute atomic E-state index is 13.7. The van der Waals surface area contributed by atoms with Crippen LogP contribution in [0.2, 0.25) is 0 Å². The number of para-hydroxylation sites is 2. The van der Waals surface area contributed by atoms with Gasteiger partial charge in [0.2, 0.25) is 17.1 Å². The van der Waals surface area contributed by atoms with E-state index < -0.39 is 11.3 Å². The molecule has 3 aromatic heterocycles. The first kappa shape index (κ1) is 21.8. The molecule has 1 aromatic carbocycles. The number of likely N-dealkylation sites (tertiary alicyclic amines) is 1. The van der Waals surface area contributed by atoms with Crippen molar-refractivity contribution in [3.63, 3.8) is 0 Å². The van der Waals surface area contributed by atoms with Crippen molar-refractivity contribution < 1.29 is 9.21 Å². The number of nitrogens with zero attached hydrogens (tertiary/aromatic N) is 5. The van der Waals surface area contributed by atoms with Crippen LogP contribution in [-0.2, 0) is 0 Å². The number of rotatable bonds is 3. The average molecular weight is 488 g/mol. The second kappa shape index (κ2) is 8.28. The van der Waals surface area contributed by atoms with Crippen LogP contribution < -0.4 is 21.0 Å². The van der Waals surface area contributed by atoms with Gasteiger partial charge in [0.25, 0.3) is 5.91 Å². The highest BCUT2D eigenvalue weighted by Crippen LogP contribution is 2.33. The Bertz CT molecular complexity index is 1540. The van der Waals surface area contributed by atoms with Crippen molar-refractivity contribution in [2.75, 3.05) is 51.2 Å². The van der Waals surface area contributed by atoms with Gasteiger partial charge in [0.1, 0.15) is 5.56 Å². The number of anilines is 1. The Kier molecular flexibility index (Phi) is 5.00. The van der Waals surface area contributed by atoms with Crippen molar-refractivity contribution in [3.05, 3.63) is 46.2 Å². The number of fused-ring (bicyclic) bond motifs is 6. The molecule has 0 radical (unpaired) electrons. The Morgan fingerprint density at radius 2 is 1.86 bits per heavy atom. The molecule has 0 aliphatic carbocycles. The molecule has 2 atom stereocenters. The number of amides is 1. The summed E-state index contributed by atoms with van der Waals surface area (Å²) in [7, 11) is 2.17. The molecular weight excluding hydrogens is 458 g/mol. The van der Waals surface area contributed by atoms with E-state index in [4.69, 9.17) is 9.40 Å². The number of benzene rings is 1. The number of hydrogen-bond donors (Lipinski definition) is 2. The topological polar surface area (TPSA) is 108 Å². The minimum atomic E-state index is -0.411. The predicted molar refractivity (Wildman–Crippen MR) is 137 cm³/mol. The fraction of sp³-hybridized carbons (Fsp3) is 0.462. The maximum atomic E-state index is 13.7. The Morgan fingerprint density at radius 3 is 2.64 bits per heavy atom. The molecule has 3 aliphatic rings. The summed E-state index contributed by atoms with van der Waals surface area (Å²) in [6, 6.07) is 7.57. The van der Waals surface area contributed by atoms with Gasteiger partial charge in [0.15, 0.2) is 11.2 Å². The van der Waals surface area contributed by atoms with Crippen LogP contribution in [0, 0.1) is 11.8 Å². The lowest BCUT2D eigenvalue weighted by Crippen LogP contribution is -2.44. The molecule has 10 heteroatoms. The van der Waals surface area contributed by atoms with Crippen molar-refractivity contribution in [3.8, 4) is 0 Å². The summed E-state index contributed by atoms with van der Waals surface area (Å²) in [6.07, 6.45) is 3.23. The van der Waals surface area contributed by atoms with Crippen LogP contribution in [0.1, 0.15) is 23.2 Å². The van der Waals surface area contributed by atoms with E-state index in [1.807, 2.05) is 24.3 Å². The van der Waals surface area contributed by atoms with Gasteiger partial charge in [-0.3, -0.25) is 14.0 Å². The normalized spacial score (nSPS) is 23.2. The van der Waals surface area contributed by atoms with Crippen molar-refractivity contribution in [1.82, 2.24) is 29.9 Å². The van der Waals surface area contributed by atoms with Gasteiger partial charge in [-0.25, -0.2) is 4.98 Å². The standard InChI is InChI=1S/C26H29N7O3/c1-31-11-15-13-32(14-16(15)12-31)26-28-10-18-22(34)21(24(35)29-17-6-8-27-9-7-17)25-33(23(18)30-26)19-4-2-3-5-20(19)36-25/h2-5,10,15-17,27H,6-9,11-14H2,1H3,(H,29,35). The largest absolute Gasteiger partial charge is 0.437 e. The molecule has 3 saturated heterocycles. The summed E-state index contributed by atoms with van der Waals surface area (Å²) < 4.78 is 7.94. The summed E-state index contributed by atoms with van der Waals surface area (Å²) in [4.78, 5) is 41.2. The molecule has 3 aliphatic heterocycles. The number of aromatic nitrogens is 3. The molecule has 4 aromatic rings. The number of carbonyl (C=O) groups is 1. The fourth-order valence-corrected chi connectivity index (χ4v) is 6.25. The molecule has 1 amide bonds. The predicted octanol–water partition coefficient (Wildman–Crippen LogP) is 1.47. The number of oxazole rings is 1. The molecular formula is C26H29N7O3. The average Bonchev–Trinajstić information content (AvgIpc) is 3.55. The molecule has 7 rings (SSSR count). The third-order valence-electron chi connectivity index (χ3n) is 8.02. The van der Waals surface area contributed by atoms with E-state index >= 15 is 0 Å². The number of pyridine rings is 1. The fourth-order valence-electron chi connectivity index (χ4n) is 6.25. The molecule has 2 unspecified atom stereocenters. The van der Waals surface area contributed by atoms with Gasteiger partial charge in [-0.15, -0.1) is 0 Å². The van der Waals surface area contributed by atoms with Gasteiger partial charge in [-0.1, -0.05) is 12.1 Å². The lowest BCUT2D eigenvalue weighted by Gasteiger charge is -2.23. The van der Waals surface area contributed by atoms with Gasteiger partial charge in [0, 0.05) is 38.4 Å². The Balaban J connectivity index is 1.37. The van der Waals surface area contributed by atoms with E-state index in [2.05, 4.69) is 32.5 Å². The maximum Gasteiger partial charge on any atom is 0.261 e. The number of piperidine rings is 1. The first-order valence-corrected chi connectivity index (χ1v) is 12.7. The number of carbonyl (C=O) groups excluding carboxylic acids is 1. The van der Waals surface area contributed by atoms with E-state index in [1.54, 1.807) is 10.6 Å². The summed E-state index contributed by atoms with van der Waals surface area (Å²) in [5.41, 5.74) is 1.66. The van der Waals surface area contributed by atoms with Crippen molar-refractivity contribution in [2.24, 2.45) is 11.8 Å². The van der Waals surface area contributed by atoms with Gasteiger partial charge >= 0.3 is 0 Å². The molecule has 10 nitrogen and oxygen atoms in total. The lowest BCUT2D eigenvalue weighted by atomic mass is 10.0. The van der Waals surface area contributed by atoms with Gasteiger partial charge in [-0.05, 0) is 56.9 Å². The molecule has 36 heavy (non-hydrogen) atoms. The van der Waals surface area contributed by atoms with Crippen LogP contribution in [-0.4, -0.2) is 77.5 Å². The van der Waals surface area contributed by atoms with Crippen molar-refractivity contribution >= 4 is 39.7 Å². The van der Waals surface area contributed by atoms with Crippen LogP contribution in [0.3, 0.4) is 0 Å². The zero-order chi connectivity index (χ0) is 24.4. The smallest absolute Gasteiger partial charge is 0.261 e. The van der Waals surface area contributed by atoms with Crippen LogP contribution in [0.5, 0.6) is 0 Å². The highest BCUT2D eigenvalue weighted by Gasteiger charge is 2.39. The third kappa shape index (κ3) is 3.39. The first-order chi connectivity index (χ1) is 17.6. The molecule has 0 spiro atoms.